The van der Waals surface area contributed by atoms with Gasteiger partial charge < -0.3 is 15.4 Å². The van der Waals surface area contributed by atoms with Crippen LogP contribution in [0, 0.1) is 11.8 Å². The van der Waals surface area contributed by atoms with Crippen LogP contribution in [0.2, 0.25) is 0 Å². The molecule has 2 amide bonds. The average Bonchev–Trinajstić information content (AvgIpc) is 3.34. The molecule has 0 radical (unpaired) electrons. The number of amides is 2. The van der Waals surface area contributed by atoms with Gasteiger partial charge in [0.25, 0.3) is 0 Å². The second-order valence-corrected chi connectivity index (χ2v) is 5.53. The van der Waals surface area contributed by atoms with Crippen LogP contribution in [0.15, 0.2) is 24.3 Å². The Morgan fingerprint density at radius 1 is 1.09 bits per heavy atom. The lowest BCUT2D eigenvalue weighted by molar-refractivity contribution is -0.125. The summed E-state index contributed by atoms with van der Waals surface area (Å²) < 4.78 is 4.90. The van der Waals surface area contributed by atoms with Gasteiger partial charge in [-0.15, -0.1) is 0 Å². The van der Waals surface area contributed by atoms with E-state index in [2.05, 4.69) is 10.6 Å². The van der Waals surface area contributed by atoms with E-state index in [1.807, 2.05) is 6.92 Å². The lowest BCUT2D eigenvalue weighted by Crippen LogP contribution is -2.27. The second-order valence-electron chi connectivity index (χ2n) is 5.53. The number of ether oxygens (including phenoxy) is 1. The Bertz CT molecular complexity index is 583. The fraction of sp³-hybridized carbons (Fsp3) is 0.471. The fourth-order valence-electron chi connectivity index (χ4n) is 2.29. The number of carbonyl (C=O) groups excluding carboxylic acids is 3. The summed E-state index contributed by atoms with van der Waals surface area (Å²) in [6.45, 7) is 4.69. The zero-order chi connectivity index (χ0) is 16.8. The standard InChI is InChI=1S/C17H22N2O4/c1-3-9-18-15(20)13-10-14(13)16(21)19-12-7-5-11(6-8-12)17(22)23-4-2/h5-8,13-14H,3-4,9-10H2,1-2H3,(H,18,20)(H,19,21). The number of benzene rings is 1. The van der Waals surface area contributed by atoms with Crippen molar-refractivity contribution in [3.05, 3.63) is 29.8 Å². The molecule has 1 saturated carbocycles. The molecule has 2 N–H and O–H groups in total. The van der Waals surface area contributed by atoms with Crippen molar-refractivity contribution in [2.45, 2.75) is 26.7 Å². The van der Waals surface area contributed by atoms with Crippen molar-refractivity contribution in [1.29, 1.82) is 0 Å². The molecular formula is C17H22N2O4. The predicted molar refractivity (Wildman–Crippen MR) is 85.9 cm³/mol. The van der Waals surface area contributed by atoms with Crippen molar-refractivity contribution >= 4 is 23.5 Å². The fourth-order valence-corrected chi connectivity index (χ4v) is 2.29. The number of esters is 1. The zero-order valence-electron chi connectivity index (χ0n) is 13.4. The molecule has 1 aromatic rings. The van der Waals surface area contributed by atoms with E-state index < -0.39 is 0 Å². The first-order valence-electron chi connectivity index (χ1n) is 7.92. The summed E-state index contributed by atoms with van der Waals surface area (Å²) in [7, 11) is 0. The summed E-state index contributed by atoms with van der Waals surface area (Å²) in [6.07, 6.45) is 1.46. The molecule has 2 atom stereocenters. The van der Waals surface area contributed by atoms with Gasteiger partial charge in [0.1, 0.15) is 0 Å². The van der Waals surface area contributed by atoms with Crippen molar-refractivity contribution in [3.8, 4) is 0 Å². The molecule has 6 nitrogen and oxygen atoms in total. The highest BCUT2D eigenvalue weighted by Gasteiger charge is 2.47. The molecule has 0 aliphatic heterocycles. The Balaban J connectivity index is 1.85. The number of anilines is 1. The van der Waals surface area contributed by atoms with Crippen LogP contribution in [0.4, 0.5) is 5.69 Å². The number of hydrogen-bond acceptors (Lipinski definition) is 4. The van der Waals surface area contributed by atoms with Gasteiger partial charge in [-0.05, 0) is 44.0 Å². The van der Waals surface area contributed by atoms with Crippen molar-refractivity contribution in [2.24, 2.45) is 11.8 Å². The first-order chi connectivity index (χ1) is 11.1. The van der Waals surface area contributed by atoms with Crippen LogP contribution in [0.3, 0.4) is 0 Å². The maximum atomic E-state index is 12.1. The van der Waals surface area contributed by atoms with Crippen LogP contribution in [-0.2, 0) is 14.3 Å². The molecule has 0 spiro atoms. The molecule has 0 heterocycles. The first kappa shape index (κ1) is 17.0. The minimum absolute atomic E-state index is 0.0512. The third kappa shape index (κ3) is 4.55. The van der Waals surface area contributed by atoms with E-state index in [-0.39, 0.29) is 29.6 Å². The number of hydrogen-bond donors (Lipinski definition) is 2. The summed E-state index contributed by atoms with van der Waals surface area (Å²) >= 11 is 0. The molecule has 0 saturated heterocycles. The Morgan fingerprint density at radius 2 is 1.74 bits per heavy atom. The molecule has 1 aliphatic carbocycles. The third-order valence-corrected chi connectivity index (χ3v) is 3.68. The molecule has 0 bridgehead atoms. The molecular weight excluding hydrogens is 296 g/mol. The molecule has 2 unspecified atom stereocenters. The van der Waals surface area contributed by atoms with Crippen LogP contribution in [0.1, 0.15) is 37.0 Å². The van der Waals surface area contributed by atoms with E-state index in [0.29, 0.717) is 30.8 Å². The van der Waals surface area contributed by atoms with Gasteiger partial charge in [-0.1, -0.05) is 6.92 Å². The number of carbonyl (C=O) groups is 3. The van der Waals surface area contributed by atoms with Gasteiger partial charge in [0.05, 0.1) is 24.0 Å². The minimum Gasteiger partial charge on any atom is -0.462 e. The van der Waals surface area contributed by atoms with E-state index >= 15 is 0 Å². The van der Waals surface area contributed by atoms with Crippen LogP contribution < -0.4 is 10.6 Å². The van der Waals surface area contributed by atoms with E-state index in [1.54, 1.807) is 31.2 Å². The van der Waals surface area contributed by atoms with Gasteiger partial charge in [0, 0.05) is 12.2 Å². The average molecular weight is 318 g/mol. The Kier molecular flexibility index (Phi) is 5.73. The molecule has 124 valence electrons. The quantitative estimate of drug-likeness (QED) is 0.753. The summed E-state index contributed by atoms with van der Waals surface area (Å²) in [5, 5.41) is 5.58. The molecule has 1 aromatic carbocycles. The highest BCUT2D eigenvalue weighted by atomic mass is 16.5. The third-order valence-electron chi connectivity index (χ3n) is 3.68. The molecule has 6 heteroatoms. The molecule has 2 rings (SSSR count). The van der Waals surface area contributed by atoms with E-state index in [9.17, 15) is 14.4 Å². The maximum absolute atomic E-state index is 12.1. The largest absolute Gasteiger partial charge is 0.462 e. The normalized spacial score (nSPS) is 18.9. The van der Waals surface area contributed by atoms with E-state index in [4.69, 9.17) is 4.74 Å². The highest BCUT2D eigenvalue weighted by molar-refractivity contribution is 5.99. The Hall–Kier alpha value is -2.37. The SMILES string of the molecule is CCCNC(=O)C1CC1C(=O)Nc1ccc(C(=O)OCC)cc1. The van der Waals surface area contributed by atoms with Crippen molar-refractivity contribution in [3.63, 3.8) is 0 Å². The van der Waals surface area contributed by atoms with Crippen molar-refractivity contribution in [2.75, 3.05) is 18.5 Å². The summed E-state index contributed by atoms with van der Waals surface area (Å²) in [5.41, 5.74) is 1.04. The van der Waals surface area contributed by atoms with Crippen LogP contribution in [-0.4, -0.2) is 30.9 Å². The summed E-state index contributed by atoms with van der Waals surface area (Å²) in [5.74, 6) is -1.09. The summed E-state index contributed by atoms with van der Waals surface area (Å²) in [6, 6.07) is 6.51. The second kappa shape index (κ2) is 7.76. The maximum Gasteiger partial charge on any atom is 0.338 e. The van der Waals surface area contributed by atoms with Gasteiger partial charge in [0.2, 0.25) is 11.8 Å². The zero-order valence-corrected chi connectivity index (χ0v) is 13.4. The van der Waals surface area contributed by atoms with Gasteiger partial charge >= 0.3 is 5.97 Å². The lowest BCUT2D eigenvalue weighted by atomic mass is 10.2. The first-order valence-corrected chi connectivity index (χ1v) is 7.92. The smallest absolute Gasteiger partial charge is 0.338 e. The molecule has 1 aliphatic rings. The number of rotatable bonds is 7. The van der Waals surface area contributed by atoms with Gasteiger partial charge in [-0.3, -0.25) is 9.59 Å². The van der Waals surface area contributed by atoms with Crippen LogP contribution in [0.25, 0.3) is 0 Å². The van der Waals surface area contributed by atoms with E-state index in [1.165, 1.54) is 0 Å². The Morgan fingerprint density at radius 3 is 2.35 bits per heavy atom. The van der Waals surface area contributed by atoms with Crippen molar-refractivity contribution < 1.29 is 19.1 Å². The summed E-state index contributed by atoms with van der Waals surface area (Å²) in [4.78, 5) is 35.4. The van der Waals surface area contributed by atoms with Gasteiger partial charge in [-0.25, -0.2) is 4.79 Å². The van der Waals surface area contributed by atoms with Gasteiger partial charge in [0.15, 0.2) is 0 Å². The Labute approximate surface area is 135 Å². The van der Waals surface area contributed by atoms with Gasteiger partial charge in [-0.2, -0.15) is 0 Å². The van der Waals surface area contributed by atoms with Crippen LogP contribution in [0.5, 0.6) is 0 Å². The van der Waals surface area contributed by atoms with Crippen molar-refractivity contribution in [1.82, 2.24) is 5.32 Å². The number of nitrogens with one attached hydrogen (secondary N) is 2. The monoisotopic (exact) mass is 318 g/mol. The lowest BCUT2D eigenvalue weighted by Gasteiger charge is -2.07. The minimum atomic E-state index is -0.389. The van der Waals surface area contributed by atoms with E-state index in [0.717, 1.165) is 6.42 Å². The topological polar surface area (TPSA) is 84.5 Å². The van der Waals surface area contributed by atoms with Crippen LogP contribution >= 0.6 is 0 Å². The molecule has 1 fully saturated rings. The predicted octanol–water partition coefficient (Wildman–Crippen LogP) is 1.96. The molecule has 23 heavy (non-hydrogen) atoms. The molecule has 0 aromatic heterocycles. The highest BCUT2D eigenvalue weighted by Crippen LogP contribution is 2.39.